The molecule has 4 nitrogen and oxygen atoms in total. The molecule has 1 aromatic heterocycles. The summed E-state index contributed by atoms with van der Waals surface area (Å²) in [6.45, 7) is 1.12. The second-order valence-corrected chi connectivity index (χ2v) is 3.54. The number of rotatable bonds is 2. The number of hydrogen-bond acceptors (Lipinski definition) is 3. The topological polar surface area (TPSA) is 53.7 Å². The van der Waals surface area contributed by atoms with Crippen LogP contribution in [0.5, 0.6) is 0 Å². The van der Waals surface area contributed by atoms with Gasteiger partial charge in [0.2, 0.25) is 5.91 Å². The van der Waals surface area contributed by atoms with Crippen LogP contribution in [0, 0.1) is 0 Å². The fourth-order valence-electron chi connectivity index (χ4n) is 1.62. The Morgan fingerprint density at radius 1 is 1.64 bits per heavy atom. The van der Waals surface area contributed by atoms with Crippen LogP contribution < -0.4 is 0 Å². The van der Waals surface area contributed by atoms with Gasteiger partial charge in [-0.25, -0.2) is 0 Å². The van der Waals surface area contributed by atoms with Gasteiger partial charge in [0.1, 0.15) is 5.76 Å². The van der Waals surface area contributed by atoms with Crippen LogP contribution >= 0.6 is 0 Å². The molecule has 1 aromatic rings. The molecule has 1 aliphatic heterocycles. The first-order valence-corrected chi connectivity index (χ1v) is 4.74. The van der Waals surface area contributed by atoms with Gasteiger partial charge < -0.3 is 14.4 Å². The number of amides is 1. The molecule has 1 N–H and O–H groups in total. The zero-order chi connectivity index (χ0) is 9.97. The normalized spacial score (nSPS) is 22.8. The average molecular weight is 195 g/mol. The van der Waals surface area contributed by atoms with Crippen molar-refractivity contribution in [2.24, 2.45) is 0 Å². The molecule has 2 heterocycles. The third-order valence-corrected chi connectivity index (χ3v) is 2.42. The van der Waals surface area contributed by atoms with Crippen LogP contribution in [0.25, 0.3) is 0 Å². The Hall–Kier alpha value is -1.29. The zero-order valence-corrected chi connectivity index (χ0v) is 7.85. The van der Waals surface area contributed by atoms with E-state index in [9.17, 15) is 9.90 Å². The molecule has 4 heteroatoms. The highest BCUT2D eigenvalue weighted by atomic mass is 16.3. The van der Waals surface area contributed by atoms with E-state index in [0.29, 0.717) is 19.5 Å². The summed E-state index contributed by atoms with van der Waals surface area (Å²) in [5.41, 5.74) is 0. The van der Waals surface area contributed by atoms with E-state index in [1.165, 1.54) is 0 Å². The van der Waals surface area contributed by atoms with Gasteiger partial charge in [-0.1, -0.05) is 0 Å². The largest absolute Gasteiger partial charge is 0.467 e. The van der Waals surface area contributed by atoms with E-state index in [0.717, 1.165) is 5.76 Å². The summed E-state index contributed by atoms with van der Waals surface area (Å²) in [5.74, 6) is 0.787. The highest BCUT2D eigenvalue weighted by molar-refractivity contribution is 5.77. The molecule has 1 atom stereocenters. The fourth-order valence-corrected chi connectivity index (χ4v) is 1.62. The van der Waals surface area contributed by atoms with Crippen molar-refractivity contribution in [2.75, 3.05) is 6.54 Å². The van der Waals surface area contributed by atoms with Gasteiger partial charge in [-0.2, -0.15) is 0 Å². The van der Waals surface area contributed by atoms with Crippen LogP contribution in [0.1, 0.15) is 18.6 Å². The lowest BCUT2D eigenvalue weighted by atomic mass is 10.1. The van der Waals surface area contributed by atoms with Crippen molar-refractivity contribution >= 4 is 5.91 Å². The minimum Gasteiger partial charge on any atom is -0.467 e. The molecule has 0 aliphatic carbocycles. The fraction of sp³-hybridized carbons (Fsp3) is 0.500. The Balaban J connectivity index is 1.95. The first kappa shape index (κ1) is 9.27. The first-order chi connectivity index (χ1) is 6.75. The predicted octanol–water partition coefficient (Wildman–Crippen LogP) is 0.763. The molecule has 1 fully saturated rings. The van der Waals surface area contributed by atoms with Crippen LogP contribution in [0.4, 0.5) is 0 Å². The van der Waals surface area contributed by atoms with E-state index in [1.54, 1.807) is 17.2 Å². The third kappa shape index (κ3) is 1.96. The van der Waals surface area contributed by atoms with Crippen molar-refractivity contribution in [1.82, 2.24) is 4.90 Å². The lowest BCUT2D eigenvalue weighted by molar-refractivity contribution is -0.137. The van der Waals surface area contributed by atoms with Gasteiger partial charge >= 0.3 is 0 Å². The van der Waals surface area contributed by atoms with E-state index < -0.39 is 6.10 Å². The first-order valence-electron chi connectivity index (χ1n) is 4.74. The number of piperidine rings is 1. The molecule has 1 amide bonds. The monoisotopic (exact) mass is 195 g/mol. The zero-order valence-electron chi connectivity index (χ0n) is 7.85. The van der Waals surface area contributed by atoms with Crippen LogP contribution in [0.2, 0.25) is 0 Å². The molecule has 76 valence electrons. The minimum atomic E-state index is -0.463. The van der Waals surface area contributed by atoms with Gasteiger partial charge in [-0.05, 0) is 18.6 Å². The second-order valence-electron chi connectivity index (χ2n) is 3.54. The Morgan fingerprint density at radius 2 is 2.50 bits per heavy atom. The highest BCUT2D eigenvalue weighted by Crippen LogP contribution is 2.14. The number of aliphatic hydroxyl groups excluding tert-OH is 1. The van der Waals surface area contributed by atoms with Crippen molar-refractivity contribution in [1.29, 1.82) is 0 Å². The summed E-state index contributed by atoms with van der Waals surface area (Å²) >= 11 is 0. The molecule has 1 unspecified atom stereocenters. The van der Waals surface area contributed by atoms with Crippen molar-refractivity contribution in [3.63, 3.8) is 0 Å². The Morgan fingerprint density at radius 3 is 3.14 bits per heavy atom. The summed E-state index contributed by atoms with van der Waals surface area (Å²) in [5, 5.41) is 9.25. The van der Waals surface area contributed by atoms with Gasteiger partial charge in [-0.3, -0.25) is 4.79 Å². The van der Waals surface area contributed by atoms with Gasteiger partial charge in [0.15, 0.2) is 0 Å². The molecule has 1 aliphatic rings. The number of carbonyl (C=O) groups is 1. The quantitative estimate of drug-likeness (QED) is 0.758. The van der Waals surface area contributed by atoms with E-state index in [2.05, 4.69) is 0 Å². The van der Waals surface area contributed by atoms with Crippen LogP contribution in [-0.2, 0) is 11.3 Å². The SMILES string of the molecule is O=C1CC(O)CCN1Cc1ccco1. The van der Waals surface area contributed by atoms with Crippen LogP contribution in [0.3, 0.4) is 0 Å². The van der Waals surface area contributed by atoms with Gasteiger partial charge in [0, 0.05) is 6.54 Å². The smallest absolute Gasteiger partial charge is 0.225 e. The number of furan rings is 1. The van der Waals surface area contributed by atoms with Gasteiger partial charge in [-0.15, -0.1) is 0 Å². The molecular weight excluding hydrogens is 182 g/mol. The summed E-state index contributed by atoms with van der Waals surface area (Å²) in [7, 11) is 0. The van der Waals surface area contributed by atoms with Crippen molar-refractivity contribution in [3.8, 4) is 0 Å². The van der Waals surface area contributed by atoms with Crippen molar-refractivity contribution in [3.05, 3.63) is 24.2 Å². The minimum absolute atomic E-state index is 0.000139. The van der Waals surface area contributed by atoms with E-state index in [1.807, 2.05) is 6.07 Å². The molecule has 1 saturated heterocycles. The van der Waals surface area contributed by atoms with Crippen LogP contribution in [0.15, 0.2) is 22.8 Å². The number of aliphatic hydroxyl groups is 1. The van der Waals surface area contributed by atoms with Gasteiger partial charge in [0.05, 0.1) is 25.3 Å². The number of carbonyl (C=O) groups excluding carboxylic acids is 1. The third-order valence-electron chi connectivity index (χ3n) is 2.42. The standard InChI is InChI=1S/C10H13NO3/c12-8-3-4-11(10(13)6-8)7-9-2-1-5-14-9/h1-2,5,8,12H,3-4,6-7H2. The summed E-state index contributed by atoms with van der Waals surface area (Å²) < 4.78 is 5.16. The molecule has 2 rings (SSSR count). The second kappa shape index (κ2) is 3.84. The Kier molecular flexibility index (Phi) is 2.54. The number of hydrogen-bond donors (Lipinski definition) is 1. The Labute approximate surface area is 82.1 Å². The number of likely N-dealkylation sites (tertiary alicyclic amines) is 1. The maximum Gasteiger partial charge on any atom is 0.225 e. The molecular formula is C10H13NO3. The summed E-state index contributed by atoms with van der Waals surface area (Å²) in [6, 6.07) is 3.65. The predicted molar refractivity (Wildman–Crippen MR) is 49.4 cm³/mol. The van der Waals surface area contributed by atoms with Crippen molar-refractivity contribution in [2.45, 2.75) is 25.5 Å². The Bertz CT molecular complexity index is 307. The molecule has 14 heavy (non-hydrogen) atoms. The maximum atomic E-state index is 11.5. The lowest BCUT2D eigenvalue weighted by Crippen LogP contribution is -2.40. The summed E-state index contributed by atoms with van der Waals surface area (Å²) in [6.07, 6.45) is 2.03. The average Bonchev–Trinajstić information content (AvgIpc) is 2.62. The van der Waals surface area contributed by atoms with Crippen molar-refractivity contribution < 1.29 is 14.3 Å². The maximum absolute atomic E-state index is 11.5. The highest BCUT2D eigenvalue weighted by Gasteiger charge is 2.24. The lowest BCUT2D eigenvalue weighted by Gasteiger charge is -2.28. The summed E-state index contributed by atoms with van der Waals surface area (Å²) in [4.78, 5) is 13.2. The van der Waals surface area contributed by atoms with E-state index in [4.69, 9.17) is 4.42 Å². The van der Waals surface area contributed by atoms with Crippen LogP contribution in [-0.4, -0.2) is 28.6 Å². The molecule has 0 aromatic carbocycles. The molecule has 0 spiro atoms. The number of nitrogens with zero attached hydrogens (tertiary/aromatic N) is 1. The van der Waals surface area contributed by atoms with Gasteiger partial charge in [0.25, 0.3) is 0 Å². The van der Waals surface area contributed by atoms with E-state index >= 15 is 0 Å². The molecule has 0 bridgehead atoms. The molecule has 0 radical (unpaired) electrons. The molecule has 0 saturated carbocycles. The van der Waals surface area contributed by atoms with E-state index in [-0.39, 0.29) is 12.3 Å².